The van der Waals surface area contributed by atoms with Gasteiger partial charge in [0.2, 0.25) is 0 Å². The third-order valence-corrected chi connectivity index (χ3v) is 3.58. The molecule has 0 aliphatic rings. The maximum absolute atomic E-state index is 12.8. The van der Waals surface area contributed by atoms with Crippen LogP contribution in [-0.4, -0.2) is 18.0 Å². The maximum atomic E-state index is 12.8. The van der Waals surface area contributed by atoms with Crippen molar-refractivity contribution in [1.29, 1.82) is 0 Å². The number of carbonyl (C=O) groups excluding carboxylic acids is 2. The van der Waals surface area contributed by atoms with E-state index in [1.54, 1.807) is 12.1 Å². The molecular weight excluding hydrogens is 309 g/mol. The van der Waals surface area contributed by atoms with Crippen molar-refractivity contribution in [2.24, 2.45) is 0 Å². The van der Waals surface area contributed by atoms with Gasteiger partial charge in [-0.05, 0) is 54.8 Å². The van der Waals surface area contributed by atoms with Crippen LogP contribution in [0.4, 0.5) is 10.1 Å². The number of rotatable bonds is 5. The lowest BCUT2D eigenvalue weighted by atomic mass is 10.0. The van der Waals surface area contributed by atoms with Crippen LogP contribution in [0.2, 0.25) is 0 Å². The van der Waals surface area contributed by atoms with E-state index in [2.05, 4.69) is 19.2 Å². The molecule has 0 aromatic heterocycles. The molecule has 5 heteroatoms. The van der Waals surface area contributed by atoms with Gasteiger partial charge in [0.05, 0.1) is 5.56 Å². The lowest BCUT2D eigenvalue weighted by molar-refractivity contribution is -0.123. The quantitative estimate of drug-likeness (QED) is 0.839. The van der Waals surface area contributed by atoms with Crippen LogP contribution < -0.4 is 5.32 Å². The number of nitrogens with one attached hydrogen (secondary N) is 1. The first kappa shape index (κ1) is 17.7. The van der Waals surface area contributed by atoms with Crippen LogP contribution in [0.3, 0.4) is 0 Å². The summed E-state index contributed by atoms with van der Waals surface area (Å²) in [6.45, 7) is 5.61. The molecule has 0 bridgehead atoms. The van der Waals surface area contributed by atoms with Crippen LogP contribution in [-0.2, 0) is 9.53 Å². The van der Waals surface area contributed by atoms with Gasteiger partial charge in [0.15, 0.2) is 6.10 Å². The number of amides is 1. The van der Waals surface area contributed by atoms with E-state index in [0.29, 0.717) is 17.2 Å². The molecule has 1 unspecified atom stereocenters. The molecule has 0 saturated carbocycles. The van der Waals surface area contributed by atoms with E-state index >= 15 is 0 Å². The second kappa shape index (κ2) is 7.73. The van der Waals surface area contributed by atoms with Crippen LogP contribution in [0, 0.1) is 5.82 Å². The summed E-state index contributed by atoms with van der Waals surface area (Å²) in [5.41, 5.74) is 1.94. The number of hydrogen-bond acceptors (Lipinski definition) is 3. The van der Waals surface area contributed by atoms with Gasteiger partial charge in [0, 0.05) is 5.69 Å². The first-order valence-electron chi connectivity index (χ1n) is 7.74. The van der Waals surface area contributed by atoms with Crippen molar-refractivity contribution >= 4 is 17.6 Å². The lowest BCUT2D eigenvalue weighted by Crippen LogP contribution is -2.30. The number of ether oxygens (including phenoxy) is 1. The minimum Gasteiger partial charge on any atom is -0.449 e. The molecule has 1 N–H and O–H groups in total. The summed E-state index contributed by atoms with van der Waals surface area (Å²) >= 11 is 0. The molecule has 0 spiro atoms. The zero-order valence-corrected chi connectivity index (χ0v) is 13.9. The van der Waals surface area contributed by atoms with Crippen LogP contribution in [0.25, 0.3) is 0 Å². The molecule has 2 aromatic rings. The summed E-state index contributed by atoms with van der Waals surface area (Å²) in [5.74, 6) is -1.06. The van der Waals surface area contributed by atoms with Crippen molar-refractivity contribution in [3.63, 3.8) is 0 Å². The molecular formula is C19H20FNO3. The molecule has 4 nitrogen and oxygen atoms in total. The summed E-state index contributed by atoms with van der Waals surface area (Å²) < 4.78 is 18.0. The van der Waals surface area contributed by atoms with Gasteiger partial charge < -0.3 is 10.1 Å². The van der Waals surface area contributed by atoms with Gasteiger partial charge in [-0.2, -0.15) is 0 Å². The summed E-state index contributed by atoms with van der Waals surface area (Å²) in [7, 11) is 0. The van der Waals surface area contributed by atoms with Crippen molar-refractivity contribution in [3.8, 4) is 0 Å². The first-order valence-corrected chi connectivity index (χ1v) is 7.74. The van der Waals surface area contributed by atoms with Crippen molar-refractivity contribution in [1.82, 2.24) is 0 Å². The molecule has 0 saturated heterocycles. The number of benzene rings is 2. The molecule has 2 aromatic carbocycles. The molecule has 1 atom stereocenters. The highest BCUT2D eigenvalue weighted by atomic mass is 19.1. The lowest BCUT2D eigenvalue weighted by Gasteiger charge is -2.14. The van der Waals surface area contributed by atoms with Gasteiger partial charge in [-0.15, -0.1) is 0 Å². The fourth-order valence-electron chi connectivity index (χ4n) is 2.06. The minimum atomic E-state index is -0.965. The van der Waals surface area contributed by atoms with Gasteiger partial charge in [0.25, 0.3) is 5.91 Å². The van der Waals surface area contributed by atoms with Gasteiger partial charge in [-0.25, -0.2) is 9.18 Å². The predicted octanol–water partition coefficient (Wildman–Crippen LogP) is 4.13. The Morgan fingerprint density at radius 1 is 0.958 bits per heavy atom. The number of halogens is 1. The van der Waals surface area contributed by atoms with E-state index in [4.69, 9.17) is 4.74 Å². The zero-order valence-electron chi connectivity index (χ0n) is 13.9. The largest absolute Gasteiger partial charge is 0.449 e. The summed E-state index contributed by atoms with van der Waals surface area (Å²) in [4.78, 5) is 24.1. The van der Waals surface area contributed by atoms with Crippen LogP contribution >= 0.6 is 0 Å². The Balaban J connectivity index is 1.94. The summed E-state index contributed by atoms with van der Waals surface area (Å²) in [6.07, 6.45) is -0.965. The minimum absolute atomic E-state index is 0.371. The molecule has 0 aliphatic heterocycles. The fourth-order valence-corrected chi connectivity index (χ4v) is 2.06. The highest BCUT2D eigenvalue weighted by Gasteiger charge is 2.19. The standard InChI is InChI=1S/C19H20FNO3/c1-12(2)14-4-6-15(7-5-14)19(23)24-13(3)18(22)21-17-10-8-16(20)9-11-17/h4-13H,1-3H3,(H,21,22). The number of anilines is 1. The second-order valence-electron chi connectivity index (χ2n) is 5.82. The summed E-state index contributed by atoms with van der Waals surface area (Å²) in [5, 5.41) is 2.57. The highest BCUT2D eigenvalue weighted by molar-refractivity contribution is 5.97. The average molecular weight is 329 g/mol. The normalized spacial score (nSPS) is 11.9. The average Bonchev–Trinajstić information content (AvgIpc) is 2.56. The topological polar surface area (TPSA) is 55.4 Å². The molecule has 126 valence electrons. The third kappa shape index (κ3) is 4.65. The van der Waals surface area contributed by atoms with Crippen molar-refractivity contribution in [2.45, 2.75) is 32.8 Å². The Hall–Kier alpha value is -2.69. The van der Waals surface area contributed by atoms with Gasteiger partial charge in [-0.1, -0.05) is 26.0 Å². The molecule has 0 radical (unpaired) electrons. The van der Waals surface area contributed by atoms with E-state index < -0.39 is 23.8 Å². The molecule has 1 amide bonds. The highest BCUT2D eigenvalue weighted by Crippen LogP contribution is 2.16. The van der Waals surface area contributed by atoms with Crippen molar-refractivity contribution < 1.29 is 18.7 Å². The van der Waals surface area contributed by atoms with Crippen LogP contribution in [0.1, 0.15) is 42.6 Å². The smallest absolute Gasteiger partial charge is 0.338 e. The molecule has 24 heavy (non-hydrogen) atoms. The zero-order chi connectivity index (χ0) is 17.7. The number of carbonyl (C=O) groups is 2. The Labute approximate surface area is 140 Å². The van der Waals surface area contributed by atoms with Crippen LogP contribution in [0.5, 0.6) is 0 Å². The molecule has 0 fully saturated rings. The van der Waals surface area contributed by atoms with Gasteiger partial charge >= 0.3 is 5.97 Å². The Morgan fingerprint density at radius 2 is 1.54 bits per heavy atom. The first-order chi connectivity index (χ1) is 11.4. The fraction of sp³-hybridized carbons (Fsp3) is 0.263. The Kier molecular flexibility index (Phi) is 5.68. The van der Waals surface area contributed by atoms with E-state index in [1.165, 1.54) is 31.2 Å². The Morgan fingerprint density at radius 3 is 2.08 bits per heavy atom. The van der Waals surface area contributed by atoms with E-state index in [0.717, 1.165) is 5.56 Å². The second-order valence-corrected chi connectivity index (χ2v) is 5.82. The van der Waals surface area contributed by atoms with E-state index in [1.807, 2.05) is 12.1 Å². The predicted molar refractivity (Wildman–Crippen MR) is 90.4 cm³/mol. The molecule has 0 aliphatic carbocycles. The summed E-state index contributed by atoms with van der Waals surface area (Å²) in [6, 6.07) is 12.4. The monoisotopic (exact) mass is 329 g/mol. The third-order valence-electron chi connectivity index (χ3n) is 3.58. The van der Waals surface area contributed by atoms with E-state index in [-0.39, 0.29) is 0 Å². The number of esters is 1. The molecule has 2 rings (SSSR count). The van der Waals surface area contributed by atoms with Gasteiger partial charge in [0.1, 0.15) is 5.82 Å². The Bertz CT molecular complexity index is 708. The maximum Gasteiger partial charge on any atom is 0.338 e. The molecule has 0 heterocycles. The number of hydrogen-bond donors (Lipinski definition) is 1. The van der Waals surface area contributed by atoms with Crippen molar-refractivity contribution in [3.05, 3.63) is 65.5 Å². The van der Waals surface area contributed by atoms with Crippen molar-refractivity contribution in [2.75, 3.05) is 5.32 Å². The van der Waals surface area contributed by atoms with Crippen LogP contribution in [0.15, 0.2) is 48.5 Å². The van der Waals surface area contributed by atoms with Gasteiger partial charge in [-0.3, -0.25) is 4.79 Å². The van der Waals surface area contributed by atoms with E-state index in [9.17, 15) is 14.0 Å². The SMILES string of the molecule is CC(OC(=O)c1ccc(C(C)C)cc1)C(=O)Nc1ccc(F)cc1.